The van der Waals surface area contributed by atoms with E-state index < -0.39 is 0 Å². The Balaban J connectivity index is 2.28. The Labute approximate surface area is 142 Å². The number of hydrogen-bond donors (Lipinski definition) is 1. The summed E-state index contributed by atoms with van der Waals surface area (Å²) in [5.41, 5.74) is 6.07. The SMILES string of the molecule is CCC(=O)Oc1cc(Cl)c(Oc2ccc(N)c(Cl)c2)c(Cl)c1. The Kier molecular flexibility index (Phi) is 5.40. The first-order valence-corrected chi connectivity index (χ1v) is 7.46. The van der Waals surface area contributed by atoms with Crippen molar-refractivity contribution in [1.82, 2.24) is 0 Å². The summed E-state index contributed by atoms with van der Waals surface area (Å²) >= 11 is 18.2. The van der Waals surface area contributed by atoms with Gasteiger partial charge in [-0.05, 0) is 12.1 Å². The topological polar surface area (TPSA) is 61.5 Å². The van der Waals surface area contributed by atoms with E-state index in [-0.39, 0.29) is 33.9 Å². The monoisotopic (exact) mass is 359 g/mol. The Morgan fingerprint density at radius 1 is 1.05 bits per heavy atom. The summed E-state index contributed by atoms with van der Waals surface area (Å²) in [5.74, 6) is 0.539. The molecule has 0 spiro atoms. The molecule has 0 bridgehead atoms. The molecule has 7 heteroatoms. The van der Waals surface area contributed by atoms with Crippen molar-refractivity contribution in [1.29, 1.82) is 0 Å². The van der Waals surface area contributed by atoms with Gasteiger partial charge in [0.2, 0.25) is 0 Å². The molecule has 0 aromatic heterocycles. The Bertz CT molecular complexity index is 696. The first-order chi connectivity index (χ1) is 10.4. The van der Waals surface area contributed by atoms with Gasteiger partial charge in [-0.2, -0.15) is 0 Å². The highest BCUT2D eigenvalue weighted by atomic mass is 35.5. The predicted octanol–water partition coefficient (Wildman–Crippen LogP) is 5.34. The molecule has 0 unspecified atom stereocenters. The normalized spacial score (nSPS) is 10.4. The van der Waals surface area contributed by atoms with Gasteiger partial charge in [0.25, 0.3) is 0 Å². The molecule has 0 amide bonds. The number of halogens is 3. The van der Waals surface area contributed by atoms with E-state index in [1.54, 1.807) is 25.1 Å². The van der Waals surface area contributed by atoms with Crippen LogP contribution in [0.1, 0.15) is 13.3 Å². The molecule has 2 aromatic carbocycles. The molecule has 0 aliphatic rings. The van der Waals surface area contributed by atoms with Crippen LogP contribution in [0.5, 0.6) is 17.2 Å². The quantitative estimate of drug-likeness (QED) is 0.454. The van der Waals surface area contributed by atoms with Crippen LogP contribution < -0.4 is 15.2 Å². The van der Waals surface area contributed by atoms with Crippen molar-refractivity contribution >= 4 is 46.5 Å². The number of carbonyl (C=O) groups excluding carboxylic acids is 1. The highest BCUT2D eigenvalue weighted by molar-refractivity contribution is 6.37. The minimum Gasteiger partial charge on any atom is -0.454 e. The van der Waals surface area contributed by atoms with Crippen LogP contribution in [0.3, 0.4) is 0 Å². The van der Waals surface area contributed by atoms with Gasteiger partial charge in [-0.25, -0.2) is 0 Å². The molecule has 0 radical (unpaired) electrons. The summed E-state index contributed by atoms with van der Waals surface area (Å²) in [4.78, 5) is 11.3. The second-order valence-corrected chi connectivity index (χ2v) is 5.55. The van der Waals surface area contributed by atoms with E-state index in [1.807, 2.05) is 0 Å². The number of ether oxygens (including phenoxy) is 2. The first-order valence-electron chi connectivity index (χ1n) is 6.33. The molecule has 116 valence electrons. The van der Waals surface area contributed by atoms with Crippen LogP contribution in [-0.4, -0.2) is 5.97 Å². The third kappa shape index (κ3) is 3.97. The number of nitrogens with two attached hydrogens (primary N) is 1. The maximum absolute atomic E-state index is 11.3. The standard InChI is InChI=1S/C15H12Cl3NO3/c1-2-14(20)21-9-6-11(17)15(12(18)7-9)22-8-3-4-13(19)10(16)5-8/h3-7H,2,19H2,1H3. The second-order valence-electron chi connectivity index (χ2n) is 4.33. The van der Waals surface area contributed by atoms with E-state index in [0.717, 1.165) is 0 Å². The van der Waals surface area contributed by atoms with Crippen molar-refractivity contribution in [3.63, 3.8) is 0 Å². The molecule has 0 fully saturated rings. The molecule has 2 rings (SSSR count). The van der Waals surface area contributed by atoms with E-state index in [4.69, 9.17) is 50.0 Å². The minimum atomic E-state index is -0.383. The molecule has 0 aliphatic carbocycles. The zero-order valence-electron chi connectivity index (χ0n) is 11.5. The summed E-state index contributed by atoms with van der Waals surface area (Å²) in [6.07, 6.45) is 0.247. The fourth-order valence-corrected chi connectivity index (χ4v) is 2.30. The van der Waals surface area contributed by atoms with Gasteiger partial charge in [-0.3, -0.25) is 4.79 Å². The van der Waals surface area contributed by atoms with Crippen LogP contribution in [0.2, 0.25) is 15.1 Å². The van der Waals surface area contributed by atoms with Crippen LogP contribution in [0.25, 0.3) is 0 Å². The lowest BCUT2D eigenvalue weighted by Gasteiger charge is -2.12. The van der Waals surface area contributed by atoms with Gasteiger partial charge >= 0.3 is 5.97 Å². The van der Waals surface area contributed by atoms with Crippen molar-refractivity contribution in [3.8, 4) is 17.2 Å². The third-order valence-electron chi connectivity index (χ3n) is 2.68. The van der Waals surface area contributed by atoms with Gasteiger partial charge in [0, 0.05) is 24.6 Å². The molecule has 2 aromatic rings. The third-order valence-corrected chi connectivity index (χ3v) is 3.57. The second kappa shape index (κ2) is 7.09. The molecule has 0 heterocycles. The van der Waals surface area contributed by atoms with Crippen molar-refractivity contribution < 1.29 is 14.3 Å². The van der Waals surface area contributed by atoms with E-state index in [0.29, 0.717) is 16.5 Å². The van der Waals surface area contributed by atoms with Gasteiger partial charge < -0.3 is 15.2 Å². The zero-order chi connectivity index (χ0) is 16.3. The molecule has 0 aliphatic heterocycles. The molecular weight excluding hydrogens is 349 g/mol. The molecule has 22 heavy (non-hydrogen) atoms. The predicted molar refractivity (Wildman–Crippen MR) is 88.3 cm³/mol. The van der Waals surface area contributed by atoms with Gasteiger partial charge in [-0.15, -0.1) is 0 Å². The van der Waals surface area contributed by atoms with Gasteiger partial charge in [0.15, 0.2) is 5.75 Å². The maximum Gasteiger partial charge on any atom is 0.310 e. The fraction of sp³-hybridized carbons (Fsp3) is 0.133. The fourth-order valence-electron chi connectivity index (χ4n) is 1.59. The minimum absolute atomic E-state index is 0.208. The summed E-state index contributed by atoms with van der Waals surface area (Å²) in [6.45, 7) is 1.69. The highest BCUT2D eigenvalue weighted by Gasteiger charge is 2.14. The molecule has 0 saturated heterocycles. The molecule has 4 nitrogen and oxygen atoms in total. The average Bonchev–Trinajstić information content (AvgIpc) is 2.46. The molecule has 0 atom stereocenters. The van der Waals surface area contributed by atoms with E-state index >= 15 is 0 Å². The lowest BCUT2D eigenvalue weighted by molar-refractivity contribution is -0.134. The number of carbonyl (C=O) groups is 1. The van der Waals surface area contributed by atoms with Crippen LogP contribution in [0.4, 0.5) is 5.69 Å². The van der Waals surface area contributed by atoms with E-state index in [2.05, 4.69) is 0 Å². The number of esters is 1. The van der Waals surface area contributed by atoms with E-state index in [9.17, 15) is 4.79 Å². The van der Waals surface area contributed by atoms with Gasteiger partial charge in [-0.1, -0.05) is 41.7 Å². The van der Waals surface area contributed by atoms with Crippen molar-refractivity contribution in [2.45, 2.75) is 13.3 Å². The molecular formula is C15H12Cl3NO3. The zero-order valence-corrected chi connectivity index (χ0v) is 13.8. The van der Waals surface area contributed by atoms with Crippen molar-refractivity contribution in [3.05, 3.63) is 45.4 Å². The Hall–Kier alpha value is -1.62. The van der Waals surface area contributed by atoms with Gasteiger partial charge in [0.05, 0.1) is 20.8 Å². The largest absolute Gasteiger partial charge is 0.454 e. The smallest absolute Gasteiger partial charge is 0.310 e. The molecule has 0 saturated carbocycles. The van der Waals surface area contributed by atoms with Crippen LogP contribution in [0.15, 0.2) is 30.3 Å². The summed E-state index contributed by atoms with van der Waals surface area (Å²) in [5, 5.41) is 0.775. The lowest BCUT2D eigenvalue weighted by atomic mass is 10.3. The van der Waals surface area contributed by atoms with Gasteiger partial charge in [0.1, 0.15) is 11.5 Å². The lowest BCUT2D eigenvalue weighted by Crippen LogP contribution is -2.05. The highest BCUT2D eigenvalue weighted by Crippen LogP contribution is 2.40. The number of rotatable bonds is 4. The number of nitrogen functional groups attached to an aromatic ring is 1. The van der Waals surface area contributed by atoms with E-state index in [1.165, 1.54) is 12.1 Å². The average molecular weight is 361 g/mol. The van der Waals surface area contributed by atoms with Crippen LogP contribution >= 0.6 is 34.8 Å². The Morgan fingerprint density at radius 2 is 1.64 bits per heavy atom. The number of hydrogen-bond acceptors (Lipinski definition) is 4. The first kappa shape index (κ1) is 16.7. The maximum atomic E-state index is 11.3. The van der Waals surface area contributed by atoms with Crippen LogP contribution in [-0.2, 0) is 4.79 Å². The molecule has 2 N–H and O–H groups in total. The van der Waals surface area contributed by atoms with Crippen molar-refractivity contribution in [2.75, 3.05) is 5.73 Å². The summed E-state index contributed by atoms with van der Waals surface area (Å²) in [7, 11) is 0. The number of benzene rings is 2. The summed E-state index contributed by atoms with van der Waals surface area (Å²) < 4.78 is 10.7. The van der Waals surface area contributed by atoms with Crippen LogP contribution in [0, 0.1) is 0 Å². The summed E-state index contributed by atoms with van der Waals surface area (Å²) in [6, 6.07) is 7.70. The van der Waals surface area contributed by atoms with Crippen molar-refractivity contribution in [2.24, 2.45) is 0 Å². The Morgan fingerprint density at radius 3 is 2.18 bits per heavy atom. The number of anilines is 1.